The van der Waals surface area contributed by atoms with E-state index >= 15 is 0 Å². The summed E-state index contributed by atoms with van der Waals surface area (Å²) in [5, 5.41) is 14.2. The van der Waals surface area contributed by atoms with Crippen molar-refractivity contribution in [3.63, 3.8) is 0 Å². The van der Waals surface area contributed by atoms with Gasteiger partial charge in [0.1, 0.15) is 12.4 Å². The molecular weight excluding hydrogens is 431 g/mol. The number of amidine groups is 2. The second kappa shape index (κ2) is 8.29. The number of nitrogens with one attached hydrogen (secondary N) is 1. The Hall–Kier alpha value is -3.17. The van der Waals surface area contributed by atoms with Gasteiger partial charge in [-0.25, -0.2) is 4.39 Å². The summed E-state index contributed by atoms with van der Waals surface area (Å²) < 4.78 is 24.2. The molecule has 4 rings (SSSR count). The highest BCUT2D eigenvalue weighted by molar-refractivity contribution is 8.25. The third-order valence-electron chi connectivity index (χ3n) is 4.26. The molecule has 30 heavy (non-hydrogen) atoms. The van der Waals surface area contributed by atoms with Gasteiger partial charge in [0.15, 0.2) is 22.5 Å². The summed E-state index contributed by atoms with van der Waals surface area (Å²) in [7, 11) is 1.47. The molecule has 2 aromatic carbocycles. The van der Waals surface area contributed by atoms with Gasteiger partial charge in [-0.2, -0.15) is 15.1 Å². The Morgan fingerprint density at radius 2 is 2.07 bits per heavy atom. The average Bonchev–Trinajstić information content (AvgIpc) is 3.19. The zero-order valence-corrected chi connectivity index (χ0v) is 17.1. The molecule has 7 nitrogen and oxygen atoms in total. The lowest BCUT2D eigenvalue weighted by Gasteiger charge is -2.20. The van der Waals surface area contributed by atoms with E-state index in [0.717, 1.165) is 5.56 Å². The van der Waals surface area contributed by atoms with Gasteiger partial charge >= 0.3 is 0 Å². The fourth-order valence-corrected chi connectivity index (χ4v) is 3.69. The summed E-state index contributed by atoms with van der Waals surface area (Å²) in [6.45, 7) is 0.169. The number of methoxy groups -OCH3 is 1. The fourth-order valence-electron chi connectivity index (χ4n) is 2.80. The minimum atomic E-state index is -0.532. The van der Waals surface area contributed by atoms with Crippen molar-refractivity contribution in [2.24, 2.45) is 10.1 Å². The number of nitrogens with zero attached hydrogens (tertiary/aromatic N) is 3. The molecule has 0 saturated carbocycles. The normalized spacial score (nSPS) is 16.7. The molecule has 1 N–H and O–H groups in total. The second-order valence-electron chi connectivity index (χ2n) is 6.21. The summed E-state index contributed by atoms with van der Waals surface area (Å²) >= 11 is 7.56. The lowest BCUT2D eigenvalue weighted by molar-refractivity contribution is -0.114. The summed E-state index contributed by atoms with van der Waals surface area (Å²) in [5.74, 6) is -0.264. The molecule has 10 heteroatoms. The summed E-state index contributed by atoms with van der Waals surface area (Å²) in [6, 6.07) is 9.16. The Morgan fingerprint density at radius 3 is 2.80 bits per heavy atom. The van der Waals surface area contributed by atoms with Crippen molar-refractivity contribution in [1.82, 2.24) is 5.01 Å². The number of thioether (sulfide) groups is 1. The van der Waals surface area contributed by atoms with Crippen LogP contribution in [0, 0.1) is 11.2 Å². The molecule has 2 heterocycles. The maximum atomic E-state index is 13.1. The Morgan fingerprint density at radius 1 is 1.30 bits per heavy atom. The van der Waals surface area contributed by atoms with Gasteiger partial charge in [-0.05, 0) is 53.2 Å². The number of fused-ring (bicyclic) bond motifs is 1. The molecule has 2 aliphatic rings. The first-order chi connectivity index (χ1) is 14.5. The van der Waals surface area contributed by atoms with Gasteiger partial charge in [0.25, 0.3) is 5.91 Å². The van der Waals surface area contributed by atoms with Gasteiger partial charge in [-0.1, -0.05) is 23.7 Å². The van der Waals surface area contributed by atoms with Gasteiger partial charge in [0.05, 0.1) is 23.3 Å². The maximum Gasteiger partial charge on any atom is 0.283 e. The van der Waals surface area contributed by atoms with Crippen molar-refractivity contribution in [3.05, 3.63) is 63.9 Å². The van der Waals surface area contributed by atoms with Crippen molar-refractivity contribution < 1.29 is 18.7 Å². The van der Waals surface area contributed by atoms with E-state index in [9.17, 15) is 9.18 Å². The first-order valence-electron chi connectivity index (χ1n) is 8.64. The SMILES string of the molecule is COc1cc(/C=C2\C(=N)N3N=CSC3=NC2=O)cc(Cl)c1OCc1ccc(F)cc1. The first kappa shape index (κ1) is 20.1. The van der Waals surface area contributed by atoms with E-state index in [4.69, 9.17) is 26.5 Å². The number of hydrazone groups is 1. The zero-order valence-electron chi connectivity index (χ0n) is 15.6. The van der Waals surface area contributed by atoms with Crippen LogP contribution in [0.3, 0.4) is 0 Å². The largest absolute Gasteiger partial charge is 0.493 e. The highest BCUT2D eigenvalue weighted by Crippen LogP contribution is 2.38. The molecule has 1 amide bonds. The number of benzene rings is 2. The van der Waals surface area contributed by atoms with Crippen molar-refractivity contribution in [1.29, 1.82) is 5.41 Å². The summed E-state index contributed by atoms with van der Waals surface area (Å²) in [5.41, 5.74) is 2.89. The predicted octanol–water partition coefficient (Wildman–Crippen LogP) is 4.32. The van der Waals surface area contributed by atoms with Crippen LogP contribution in [0.1, 0.15) is 11.1 Å². The Kier molecular flexibility index (Phi) is 5.56. The third-order valence-corrected chi connectivity index (χ3v) is 5.21. The number of amides is 1. The average molecular weight is 445 g/mol. The van der Waals surface area contributed by atoms with Crippen LogP contribution >= 0.6 is 23.4 Å². The highest BCUT2D eigenvalue weighted by Gasteiger charge is 2.32. The van der Waals surface area contributed by atoms with Crippen LogP contribution < -0.4 is 9.47 Å². The van der Waals surface area contributed by atoms with Crippen LogP contribution in [-0.4, -0.2) is 34.6 Å². The van der Waals surface area contributed by atoms with Crippen molar-refractivity contribution in [2.75, 3.05) is 7.11 Å². The van der Waals surface area contributed by atoms with E-state index in [1.807, 2.05) is 0 Å². The number of halogens is 2. The number of carbonyl (C=O) groups excluding carboxylic acids is 1. The van der Waals surface area contributed by atoms with E-state index in [0.29, 0.717) is 22.2 Å². The van der Waals surface area contributed by atoms with E-state index < -0.39 is 5.91 Å². The molecule has 2 aromatic rings. The molecule has 0 spiro atoms. The topological polar surface area (TPSA) is 87.3 Å². The number of hydrogen-bond donors (Lipinski definition) is 1. The van der Waals surface area contributed by atoms with Crippen molar-refractivity contribution in [3.8, 4) is 11.5 Å². The molecular formula is C20H14ClFN4O3S. The molecule has 0 unspecified atom stereocenters. The number of aliphatic imine (C=N–C) groups is 1. The predicted molar refractivity (Wildman–Crippen MR) is 115 cm³/mol. The number of ether oxygens (including phenoxy) is 2. The van der Waals surface area contributed by atoms with Crippen LogP contribution in [0.5, 0.6) is 11.5 Å². The fraction of sp³-hybridized carbons (Fsp3) is 0.100. The zero-order chi connectivity index (χ0) is 21.3. The quantitative estimate of drug-likeness (QED) is 0.694. The van der Waals surface area contributed by atoms with Gasteiger partial charge in [0, 0.05) is 0 Å². The van der Waals surface area contributed by atoms with Gasteiger partial charge in [0.2, 0.25) is 0 Å². The van der Waals surface area contributed by atoms with Crippen LogP contribution in [0.4, 0.5) is 4.39 Å². The van der Waals surface area contributed by atoms with Crippen LogP contribution in [-0.2, 0) is 11.4 Å². The highest BCUT2D eigenvalue weighted by atomic mass is 35.5. The first-order valence-corrected chi connectivity index (χ1v) is 9.89. The lowest BCUT2D eigenvalue weighted by Crippen LogP contribution is -2.35. The van der Waals surface area contributed by atoms with Gasteiger partial charge < -0.3 is 9.47 Å². The Labute approximate surface area is 180 Å². The minimum Gasteiger partial charge on any atom is -0.493 e. The molecule has 0 aliphatic carbocycles. The number of hydrogen-bond acceptors (Lipinski definition) is 6. The third kappa shape index (κ3) is 3.94. The molecule has 0 radical (unpaired) electrons. The Balaban J connectivity index is 1.61. The molecule has 0 saturated heterocycles. The number of rotatable bonds is 5. The van der Waals surface area contributed by atoms with E-state index in [1.54, 1.807) is 24.3 Å². The smallest absolute Gasteiger partial charge is 0.283 e. The monoisotopic (exact) mass is 444 g/mol. The summed E-state index contributed by atoms with van der Waals surface area (Å²) in [6.07, 6.45) is 1.50. The molecule has 0 atom stereocenters. The van der Waals surface area contributed by atoms with Crippen LogP contribution in [0.25, 0.3) is 6.08 Å². The van der Waals surface area contributed by atoms with Gasteiger partial charge in [-0.15, -0.1) is 0 Å². The molecule has 0 aromatic heterocycles. The number of carbonyl (C=O) groups is 1. The second-order valence-corrected chi connectivity index (χ2v) is 7.42. The Bertz CT molecular complexity index is 1130. The van der Waals surface area contributed by atoms with Crippen LogP contribution in [0.2, 0.25) is 5.02 Å². The standard InChI is InChI=1S/C20H14ClFN4O3S/c1-28-16-8-12(6-14-18(23)26-20(25-19(14)27)30-10-24-26)7-15(21)17(16)29-9-11-2-4-13(22)5-3-11/h2-8,10,23H,9H2,1H3/b14-6+,23-18?. The van der Waals surface area contributed by atoms with E-state index in [1.165, 1.54) is 47.6 Å². The molecule has 0 bridgehead atoms. The van der Waals surface area contributed by atoms with Gasteiger partial charge in [-0.3, -0.25) is 10.2 Å². The minimum absolute atomic E-state index is 0.0713. The van der Waals surface area contributed by atoms with E-state index in [2.05, 4.69) is 10.1 Å². The van der Waals surface area contributed by atoms with Crippen LogP contribution in [0.15, 0.2) is 52.1 Å². The molecule has 0 fully saturated rings. The summed E-state index contributed by atoms with van der Waals surface area (Å²) in [4.78, 5) is 16.3. The molecule has 2 aliphatic heterocycles. The molecule has 152 valence electrons. The van der Waals surface area contributed by atoms with E-state index in [-0.39, 0.29) is 28.9 Å². The lowest BCUT2D eigenvalue weighted by atomic mass is 10.1. The van der Waals surface area contributed by atoms with Crippen molar-refractivity contribution in [2.45, 2.75) is 6.61 Å². The van der Waals surface area contributed by atoms with Crippen molar-refractivity contribution >= 4 is 51.9 Å². The maximum absolute atomic E-state index is 13.1.